The van der Waals surface area contributed by atoms with Gasteiger partial charge in [-0.3, -0.25) is 0 Å². The Bertz CT molecular complexity index is 2640. The molecule has 1 amide bonds. The molecular weight excluding hydrogens is 797 g/mol. The number of amides is 1. The highest BCUT2D eigenvalue weighted by Gasteiger charge is 2.29. The number of fused-ring (bicyclic) bond motifs is 2. The quantitative estimate of drug-likeness (QED) is 0.148. The molecule has 312 valence electrons. The number of ether oxygens (including phenoxy) is 3. The summed E-state index contributed by atoms with van der Waals surface area (Å²) in [7, 11) is 0. The first-order valence-electron chi connectivity index (χ1n) is 20.8. The van der Waals surface area contributed by atoms with Crippen molar-refractivity contribution in [2.75, 3.05) is 0 Å². The van der Waals surface area contributed by atoms with Gasteiger partial charge in [-0.1, -0.05) is 36.4 Å². The molecule has 0 aliphatic heterocycles. The van der Waals surface area contributed by atoms with Crippen LogP contribution in [0, 0.1) is 22.7 Å². The molecular formula is C51H52N4O4S2. The second kappa shape index (κ2) is 18.4. The van der Waals surface area contributed by atoms with Gasteiger partial charge < -0.3 is 25.3 Å². The minimum atomic E-state index is -0.523. The zero-order valence-electron chi connectivity index (χ0n) is 35.8. The Morgan fingerprint density at radius 3 is 1.66 bits per heavy atom. The van der Waals surface area contributed by atoms with E-state index in [1.54, 1.807) is 22.7 Å². The van der Waals surface area contributed by atoms with Gasteiger partial charge in [0.25, 0.3) is 0 Å². The third-order valence-electron chi connectivity index (χ3n) is 10.5. The van der Waals surface area contributed by atoms with Crippen molar-refractivity contribution in [2.24, 2.45) is 5.73 Å². The molecule has 2 aliphatic carbocycles. The predicted octanol–water partition coefficient (Wildman–Crippen LogP) is 12.9. The Kier molecular flexibility index (Phi) is 13.0. The molecule has 10 heteroatoms. The smallest absolute Gasteiger partial charge is 0.408 e. The topological polar surface area (TPSA) is 130 Å². The number of alkyl carbamates (subject to hydrolysis) is 1. The lowest BCUT2D eigenvalue weighted by Gasteiger charge is -2.22. The molecule has 3 N–H and O–H groups in total. The lowest BCUT2D eigenvalue weighted by Crippen LogP contribution is -2.34. The Morgan fingerprint density at radius 1 is 0.689 bits per heavy atom. The van der Waals surface area contributed by atoms with E-state index in [1.165, 1.54) is 37.6 Å². The number of rotatable bonds is 9. The second-order valence-electron chi connectivity index (χ2n) is 16.9. The Balaban J connectivity index is 0.000000189. The van der Waals surface area contributed by atoms with Crippen LogP contribution in [0.1, 0.15) is 107 Å². The van der Waals surface area contributed by atoms with E-state index in [-0.39, 0.29) is 30.4 Å². The summed E-state index contributed by atoms with van der Waals surface area (Å²) in [6.07, 6.45) is 3.49. The summed E-state index contributed by atoms with van der Waals surface area (Å²) in [4.78, 5) is 17.0. The van der Waals surface area contributed by atoms with Crippen LogP contribution in [0.15, 0.2) is 97.1 Å². The monoisotopic (exact) mass is 848 g/mol. The van der Waals surface area contributed by atoms with Crippen LogP contribution in [0.2, 0.25) is 0 Å². The number of hydrogen-bond acceptors (Lipinski definition) is 9. The number of nitriles is 2. The van der Waals surface area contributed by atoms with Gasteiger partial charge in [0.1, 0.15) is 29.2 Å². The van der Waals surface area contributed by atoms with E-state index in [2.05, 4.69) is 78.1 Å². The SMILES string of the molecule is CC(C)Oc1ccc(-c2ccc(-c3cccc4c3CC[C@H]4N)s2)cc1C#N.CC(C)Oc1ccc(-c2ccc(-c3cccc4c3CC[C@H]4NC(=O)OC(C)(C)C)s2)cc1C#N. The van der Waals surface area contributed by atoms with Crippen molar-refractivity contribution >= 4 is 28.8 Å². The maximum Gasteiger partial charge on any atom is 0.408 e. The number of nitrogens with zero attached hydrogens (tertiary/aromatic N) is 2. The standard InChI is InChI=1S/C28H30N2O3S.C23H22N2OS/c1-17(2)32-24-12-9-18(15-19(24)16-29)25-13-14-26(34-25)22-8-6-7-21-20(22)10-11-23(21)30-27(31)33-28(3,4)5;1-14(2)26-21-9-6-15(12-16(21)13-24)22-10-11-23(27-22)19-5-3-4-18-17(19)7-8-20(18)25/h6-9,12-15,17,23H,10-11H2,1-5H3,(H,30,31);3-6,9-12,14,20H,7-8,25H2,1-2H3/t23-;20-/m11/s1. The molecule has 0 fully saturated rings. The Morgan fingerprint density at radius 2 is 1.16 bits per heavy atom. The molecule has 2 heterocycles. The van der Waals surface area contributed by atoms with Crippen LogP contribution < -0.4 is 20.5 Å². The minimum absolute atomic E-state index is 0.0140. The van der Waals surface area contributed by atoms with Crippen LogP contribution in [0.4, 0.5) is 4.79 Å². The fourth-order valence-corrected chi connectivity index (χ4v) is 10.0. The maximum atomic E-state index is 12.3. The van der Waals surface area contributed by atoms with E-state index in [0.717, 1.165) is 52.1 Å². The lowest BCUT2D eigenvalue weighted by molar-refractivity contribution is 0.0503. The van der Waals surface area contributed by atoms with Crippen LogP contribution in [0.5, 0.6) is 11.5 Å². The average molecular weight is 849 g/mol. The van der Waals surface area contributed by atoms with E-state index >= 15 is 0 Å². The first-order valence-corrected chi connectivity index (χ1v) is 22.5. The molecule has 2 aliphatic rings. The lowest BCUT2D eigenvalue weighted by atomic mass is 10.0. The molecule has 6 aromatic rings. The number of thiophene rings is 2. The molecule has 4 aromatic carbocycles. The van der Waals surface area contributed by atoms with E-state index in [4.69, 9.17) is 19.9 Å². The van der Waals surface area contributed by atoms with Crippen molar-refractivity contribution in [3.63, 3.8) is 0 Å². The highest BCUT2D eigenvalue weighted by Crippen LogP contribution is 2.44. The first kappa shape index (κ1) is 43.2. The summed E-state index contributed by atoms with van der Waals surface area (Å²) >= 11 is 3.46. The van der Waals surface area contributed by atoms with Crippen molar-refractivity contribution in [1.29, 1.82) is 10.5 Å². The minimum Gasteiger partial charge on any atom is -0.490 e. The fourth-order valence-electron chi connectivity index (χ4n) is 7.93. The first-order chi connectivity index (χ1) is 29.2. The summed E-state index contributed by atoms with van der Waals surface area (Å²) in [6.45, 7) is 13.4. The van der Waals surface area contributed by atoms with Crippen molar-refractivity contribution in [2.45, 2.75) is 104 Å². The summed E-state index contributed by atoms with van der Waals surface area (Å²) < 4.78 is 16.9. The molecule has 0 unspecified atom stereocenters. The number of nitrogens with two attached hydrogens (primary N) is 1. The zero-order valence-corrected chi connectivity index (χ0v) is 37.4. The van der Waals surface area contributed by atoms with Gasteiger partial charge in [-0.25, -0.2) is 4.79 Å². The number of carbonyl (C=O) groups excluding carboxylic acids is 1. The maximum absolute atomic E-state index is 12.3. The highest BCUT2D eigenvalue weighted by atomic mass is 32.1. The predicted molar refractivity (Wildman–Crippen MR) is 247 cm³/mol. The largest absolute Gasteiger partial charge is 0.490 e. The van der Waals surface area contributed by atoms with Gasteiger partial charge in [-0.15, -0.1) is 22.7 Å². The van der Waals surface area contributed by atoms with Crippen molar-refractivity contribution in [3.8, 4) is 65.4 Å². The molecule has 0 spiro atoms. The van der Waals surface area contributed by atoms with E-state index in [9.17, 15) is 15.3 Å². The zero-order chi connectivity index (χ0) is 43.4. The van der Waals surface area contributed by atoms with E-state index in [1.807, 2.05) is 84.9 Å². The van der Waals surface area contributed by atoms with E-state index in [0.29, 0.717) is 22.6 Å². The van der Waals surface area contributed by atoms with Gasteiger partial charge >= 0.3 is 6.09 Å². The van der Waals surface area contributed by atoms with Crippen LogP contribution in [-0.4, -0.2) is 23.9 Å². The molecule has 0 saturated heterocycles. The average Bonchev–Trinajstić information content (AvgIpc) is 4.05. The number of carbonyl (C=O) groups is 1. The highest BCUT2D eigenvalue weighted by molar-refractivity contribution is 7.19. The van der Waals surface area contributed by atoms with Crippen molar-refractivity contribution in [1.82, 2.24) is 5.32 Å². The van der Waals surface area contributed by atoms with Gasteiger partial charge in [0.2, 0.25) is 0 Å². The van der Waals surface area contributed by atoms with Crippen LogP contribution in [0.3, 0.4) is 0 Å². The Labute approximate surface area is 367 Å². The summed E-state index contributed by atoms with van der Waals surface area (Å²) in [6, 6.07) is 37.5. The molecule has 0 saturated carbocycles. The Hall–Kier alpha value is -5.91. The summed E-state index contributed by atoms with van der Waals surface area (Å²) in [5, 5.41) is 22.1. The van der Waals surface area contributed by atoms with Gasteiger partial charge in [-0.05, 0) is 179 Å². The number of benzene rings is 4. The third kappa shape index (κ3) is 10.0. The molecule has 8 nitrogen and oxygen atoms in total. The van der Waals surface area contributed by atoms with E-state index < -0.39 is 5.60 Å². The van der Waals surface area contributed by atoms with Gasteiger partial charge in [-0.2, -0.15) is 10.5 Å². The summed E-state index contributed by atoms with van der Waals surface area (Å²) in [5.74, 6) is 1.25. The van der Waals surface area contributed by atoms with Crippen molar-refractivity contribution < 1.29 is 19.0 Å². The number of nitrogens with one attached hydrogen (secondary N) is 1. The molecule has 2 aromatic heterocycles. The normalized spacial score (nSPS) is 15.3. The molecule has 2 atom stereocenters. The molecule has 0 radical (unpaired) electrons. The number of hydrogen-bond donors (Lipinski definition) is 2. The molecule has 0 bridgehead atoms. The van der Waals surface area contributed by atoms with Gasteiger partial charge in [0, 0.05) is 25.6 Å². The van der Waals surface area contributed by atoms with Crippen molar-refractivity contribution in [3.05, 3.63) is 130 Å². The summed E-state index contributed by atoms with van der Waals surface area (Å²) in [5.41, 5.74) is 16.4. The van der Waals surface area contributed by atoms with Crippen LogP contribution in [-0.2, 0) is 17.6 Å². The third-order valence-corrected chi connectivity index (χ3v) is 12.9. The second-order valence-corrected chi connectivity index (χ2v) is 19.1. The molecule has 61 heavy (non-hydrogen) atoms. The fraction of sp³-hybridized carbons (Fsp3) is 0.314. The van der Waals surface area contributed by atoms with Gasteiger partial charge in [0.05, 0.1) is 29.4 Å². The van der Waals surface area contributed by atoms with Gasteiger partial charge in [0.15, 0.2) is 0 Å². The molecule has 8 rings (SSSR count). The van der Waals surface area contributed by atoms with Crippen LogP contribution in [0.25, 0.3) is 41.8 Å². The van der Waals surface area contributed by atoms with Crippen LogP contribution >= 0.6 is 22.7 Å².